The van der Waals surface area contributed by atoms with Crippen molar-refractivity contribution in [3.63, 3.8) is 0 Å². The van der Waals surface area contributed by atoms with Gasteiger partial charge in [0.1, 0.15) is 0 Å². The number of anilines is 2. The molecule has 1 aliphatic rings. The maximum atomic E-state index is 13.1. The number of halogens is 2. The molecule has 1 aromatic heterocycles. The third-order valence-corrected chi connectivity index (χ3v) is 3.12. The van der Waals surface area contributed by atoms with Crippen molar-refractivity contribution in [3.05, 3.63) is 51.4 Å². The van der Waals surface area contributed by atoms with Crippen LogP contribution < -0.4 is 10.9 Å². The molecule has 0 radical (unpaired) electrons. The van der Waals surface area contributed by atoms with Crippen molar-refractivity contribution < 1.29 is 8.78 Å². The summed E-state index contributed by atoms with van der Waals surface area (Å²) in [6, 6.07) is 3.41. The average molecular weight is 263 g/mol. The third kappa shape index (κ3) is 2.21. The number of H-pyrrole nitrogens is 1. The summed E-state index contributed by atoms with van der Waals surface area (Å²) in [6.07, 6.45) is 2.43. The molecule has 0 bridgehead atoms. The van der Waals surface area contributed by atoms with Gasteiger partial charge in [0, 0.05) is 17.3 Å². The van der Waals surface area contributed by atoms with Crippen LogP contribution in [-0.2, 0) is 12.8 Å². The Bertz CT molecular complexity index is 697. The average Bonchev–Trinajstić information content (AvgIpc) is 2.82. The number of nitrogens with zero attached hydrogens (tertiary/aromatic N) is 1. The first-order valence-electron chi connectivity index (χ1n) is 5.97. The zero-order valence-electron chi connectivity index (χ0n) is 9.96. The van der Waals surface area contributed by atoms with E-state index in [1.54, 1.807) is 0 Å². The summed E-state index contributed by atoms with van der Waals surface area (Å²) in [4.78, 5) is 18.6. The molecule has 0 aliphatic heterocycles. The second kappa shape index (κ2) is 4.46. The maximum absolute atomic E-state index is 13.1. The molecule has 0 fully saturated rings. The van der Waals surface area contributed by atoms with E-state index in [-0.39, 0.29) is 11.5 Å². The van der Waals surface area contributed by atoms with Crippen molar-refractivity contribution in [1.29, 1.82) is 0 Å². The molecular formula is C13H11F2N3O. The van der Waals surface area contributed by atoms with Crippen molar-refractivity contribution in [2.45, 2.75) is 19.3 Å². The largest absolute Gasteiger partial charge is 0.326 e. The van der Waals surface area contributed by atoms with E-state index in [1.165, 1.54) is 6.07 Å². The lowest BCUT2D eigenvalue weighted by Crippen LogP contribution is -2.16. The van der Waals surface area contributed by atoms with Crippen molar-refractivity contribution in [2.24, 2.45) is 0 Å². The number of rotatable bonds is 2. The van der Waals surface area contributed by atoms with Gasteiger partial charge in [-0.1, -0.05) is 0 Å². The number of benzene rings is 1. The molecule has 98 valence electrons. The third-order valence-electron chi connectivity index (χ3n) is 3.12. The van der Waals surface area contributed by atoms with Crippen molar-refractivity contribution >= 4 is 11.6 Å². The highest BCUT2D eigenvalue weighted by atomic mass is 19.2. The quantitative estimate of drug-likeness (QED) is 0.874. The first-order valence-corrected chi connectivity index (χ1v) is 5.97. The molecule has 4 nitrogen and oxygen atoms in total. The summed E-state index contributed by atoms with van der Waals surface area (Å²) in [5.74, 6) is -1.62. The number of fused-ring (bicyclic) bond motifs is 1. The molecule has 0 spiro atoms. The second-order valence-electron chi connectivity index (χ2n) is 4.45. The van der Waals surface area contributed by atoms with Crippen LogP contribution in [0.3, 0.4) is 0 Å². The Kier molecular flexibility index (Phi) is 2.77. The fourth-order valence-electron chi connectivity index (χ4n) is 2.21. The van der Waals surface area contributed by atoms with Crippen molar-refractivity contribution in [3.8, 4) is 0 Å². The van der Waals surface area contributed by atoms with Gasteiger partial charge < -0.3 is 5.32 Å². The molecule has 0 saturated carbocycles. The number of nitrogens with one attached hydrogen (secondary N) is 2. The smallest absolute Gasteiger partial charge is 0.255 e. The Labute approximate surface area is 107 Å². The van der Waals surface area contributed by atoms with Crippen LogP contribution in [0.15, 0.2) is 23.0 Å². The molecule has 2 aromatic rings. The molecule has 1 heterocycles. The molecule has 0 saturated heterocycles. The summed E-state index contributed by atoms with van der Waals surface area (Å²) in [6.45, 7) is 0. The molecule has 3 rings (SSSR count). The van der Waals surface area contributed by atoms with E-state index in [0.29, 0.717) is 5.69 Å². The second-order valence-corrected chi connectivity index (χ2v) is 4.45. The highest BCUT2D eigenvalue weighted by Crippen LogP contribution is 2.19. The molecule has 6 heteroatoms. The van der Waals surface area contributed by atoms with E-state index in [1.807, 2.05) is 0 Å². The zero-order valence-corrected chi connectivity index (χ0v) is 9.96. The molecule has 0 amide bonds. The van der Waals surface area contributed by atoms with Gasteiger partial charge in [-0.15, -0.1) is 0 Å². The van der Waals surface area contributed by atoms with Crippen LogP contribution in [0.1, 0.15) is 17.7 Å². The first-order chi connectivity index (χ1) is 9.13. The summed E-state index contributed by atoms with van der Waals surface area (Å²) in [7, 11) is 0. The standard InChI is InChI=1S/C13H11F2N3O/c14-9-5-4-7(6-10(9)15)16-13-17-11-3-1-2-8(11)12(19)18-13/h4-6H,1-3H2,(H2,16,17,18,19). The monoisotopic (exact) mass is 263 g/mol. The Morgan fingerprint density at radius 1 is 1.21 bits per heavy atom. The van der Waals surface area contributed by atoms with Gasteiger partial charge >= 0.3 is 0 Å². The minimum atomic E-state index is -0.950. The topological polar surface area (TPSA) is 57.8 Å². The molecule has 0 atom stereocenters. The number of hydrogen-bond donors (Lipinski definition) is 2. The molecule has 19 heavy (non-hydrogen) atoms. The van der Waals surface area contributed by atoms with E-state index < -0.39 is 11.6 Å². The van der Waals surface area contributed by atoms with Crippen LogP contribution in [0.4, 0.5) is 20.4 Å². The summed E-state index contributed by atoms with van der Waals surface area (Å²) >= 11 is 0. The molecule has 2 N–H and O–H groups in total. The van der Waals surface area contributed by atoms with Gasteiger partial charge in [0.15, 0.2) is 11.6 Å². The maximum Gasteiger partial charge on any atom is 0.255 e. The lowest BCUT2D eigenvalue weighted by molar-refractivity contribution is 0.509. The Morgan fingerprint density at radius 2 is 2.05 bits per heavy atom. The predicted molar refractivity (Wildman–Crippen MR) is 66.5 cm³/mol. The van der Waals surface area contributed by atoms with Crippen LogP contribution in [0.5, 0.6) is 0 Å². The Hall–Kier alpha value is -2.24. The minimum absolute atomic E-state index is 0.174. The fraction of sp³-hybridized carbons (Fsp3) is 0.231. The van der Waals surface area contributed by atoms with Gasteiger partial charge in [0.05, 0.1) is 5.69 Å². The van der Waals surface area contributed by atoms with Gasteiger partial charge in [-0.05, 0) is 31.4 Å². The van der Waals surface area contributed by atoms with Crippen LogP contribution in [0.2, 0.25) is 0 Å². The van der Waals surface area contributed by atoms with Crippen LogP contribution in [-0.4, -0.2) is 9.97 Å². The van der Waals surface area contributed by atoms with E-state index >= 15 is 0 Å². The van der Waals surface area contributed by atoms with Gasteiger partial charge in [0.2, 0.25) is 5.95 Å². The number of aromatic nitrogens is 2. The fourth-order valence-corrected chi connectivity index (χ4v) is 2.21. The van der Waals surface area contributed by atoms with Crippen molar-refractivity contribution in [2.75, 3.05) is 5.32 Å². The first kappa shape index (κ1) is 11.8. The Balaban J connectivity index is 1.93. The predicted octanol–water partition coefficient (Wildman–Crippen LogP) is 2.28. The summed E-state index contributed by atoms with van der Waals surface area (Å²) < 4.78 is 25.9. The van der Waals surface area contributed by atoms with Gasteiger partial charge in [0.25, 0.3) is 5.56 Å². The number of aromatic amines is 1. The minimum Gasteiger partial charge on any atom is -0.326 e. The lowest BCUT2D eigenvalue weighted by atomic mass is 10.2. The highest BCUT2D eigenvalue weighted by Gasteiger charge is 2.17. The highest BCUT2D eigenvalue weighted by molar-refractivity contribution is 5.53. The van der Waals surface area contributed by atoms with Crippen LogP contribution in [0, 0.1) is 11.6 Å². The molecular weight excluding hydrogens is 252 g/mol. The van der Waals surface area contributed by atoms with E-state index in [9.17, 15) is 13.6 Å². The van der Waals surface area contributed by atoms with Crippen LogP contribution >= 0.6 is 0 Å². The number of hydrogen-bond acceptors (Lipinski definition) is 3. The summed E-state index contributed by atoms with van der Waals surface area (Å²) in [5.41, 5.74) is 1.65. The number of aryl methyl sites for hydroxylation is 1. The van der Waals surface area contributed by atoms with Crippen LogP contribution in [0.25, 0.3) is 0 Å². The van der Waals surface area contributed by atoms with Crippen molar-refractivity contribution in [1.82, 2.24) is 9.97 Å². The Morgan fingerprint density at radius 3 is 2.84 bits per heavy atom. The zero-order chi connectivity index (χ0) is 13.4. The van der Waals surface area contributed by atoms with E-state index in [0.717, 1.165) is 42.7 Å². The lowest BCUT2D eigenvalue weighted by Gasteiger charge is -2.07. The normalized spacial score (nSPS) is 13.4. The summed E-state index contributed by atoms with van der Waals surface area (Å²) in [5, 5.41) is 2.77. The van der Waals surface area contributed by atoms with Gasteiger partial charge in [-0.3, -0.25) is 9.78 Å². The van der Waals surface area contributed by atoms with Gasteiger partial charge in [-0.25, -0.2) is 13.8 Å². The van der Waals surface area contributed by atoms with E-state index in [2.05, 4.69) is 15.3 Å². The van der Waals surface area contributed by atoms with Gasteiger partial charge in [-0.2, -0.15) is 0 Å². The molecule has 1 aliphatic carbocycles. The molecule has 0 unspecified atom stereocenters. The SMILES string of the molecule is O=c1[nH]c(Nc2ccc(F)c(F)c2)nc2c1CCC2. The molecule has 1 aromatic carbocycles. The van der Waals surface area contributed by atoms with E-state index in [4.69, 9.17) is 0 Å².